The maximum atomic E-state index is 11.9. The molecule has 7 nitrogen and oxygen atoms in total. The molecule has 2 aromatic carbocycles. The lowest BCUT2D eigenvalue weighted by Gasteiger charge is -2.19. The Morgan fingerprint density at radius 2 is 1.95 bits per heavy atom. The average molecular weight is 316 g/mol. The van der Waals surface area contributed by atoms with Crippen LogP contribution in [0.15, 0.2) is 46.1 Å². The number of fused-ring (bicyclic) bond motifs is 2. The van der Waals surface area contributed by atoms with Gasteiger partial charge in [-0.15, -0.1) is 0 Å². The highest BCUT2D eigenvalue weighted by molar-refractivity contribution is 7.85. The fraction of sp³-hybridized carbons (Fsp3) is 0. The van der Waals surface area contributed by atoms with Gasteiger partial charge in [0, 0.05) is 5.56 Å². The Labute approximate surface area is 123 Å². The molecule has 1 aromatic heterocycles. The quantitative estimate of drug-likeness (QED) is 0.519. The van der Waals surface area contributed by atoms with Crippen LogP contribution in [0, 0.1) is 0 Å². The Bertz CT molecular complexity index is 1100. The maximum absolute atomic E-state index is 11.9. The summed E-state index contributed by atoms with van der Waals surface area (Å²) >= 11 is 0. The molecule has 4 rings (SSSR count). The first-order valence-corrected chi connectivity index (χ1v) is 7.70. The van der Waals surface area contributed by atoms with Crippen molar-refractivity contribution in [3.8, 4) is 22.8 Å². The molecular formula is C14H8N2O5S. The summed E-state index contributed by atoms with van der Waals surface area (Å²) in [6.45, 7) is 0. The Balaban J connectivity index is 2.13. The number of aromatic nitrogens is 2. The average Bonchev–Trinajstić information content (AvgIpc) is 2.48. The van der Waals surface area contributed by atoms with Gasteiger partial charge in [-0.2, -0.15) is 13.5 Å². The summed E-state index contributed by atoms with van der Waals surface area (Å²) in [5.74, 6) is 0.866. The van der Waals surface area contributed by atoms with Gasteiger partial charge >= 0.3 is 0 Å². The highest BCUT2D eigenvalue weighted by atomic mass is 32.2. The van der Waals surface area contributed by atoms with E-state index in [1.807, 2.05) is 0 Å². The van der Waals surface area contributed by atoms with E-state index >= 15 is 0 Å². The van der Waals surface area contributed by atoms with Crippen molar-refractivity contribution in [1.29, 1.82) is 0 Å². The van der Waals surface area contributed by atoms with Gasteiger partial charge in [0.2, 0.25) is 0 Å². The summed E-state index contributed by atoms with van der Waals surface area (Å²) in [6.07, 6.45) is 0. The Morgan fingerprint density at radius 3 is 2.73 bits per heavy atom. The van der Waals surface area contributed by atoms with Crippen molar-refractivity contribution in [1.82, 2.24) is 10.2 Å². The summed E-state index contributed by atoms with van der Waals surface area (Å²) in [5.41, 5.74) is 0.422. The molecule has 22 heavy (non-hydrogen) atoms. The van der Waals surface area contributed by atoms with Gasteiger partial charge in [0.1, 0.15) is 17.2 Å². The van der Waals surface area contributed by atoms with Crippen molar-refractivity contribution in [2.75, 3.05) is 0 Å². The molecule has 1 aliphatic rings. The van der Waals surface area contributed by atoms with Gasteiger partial charge in [0.05, 0.1) is 15.7 Å². The number of benzene rings is 2. The lowest BCUT2D eigenvalue weighted by Crippen LogP contribution is -2.12. The third-order valence-corrected chi connectivity index (χ3v) is 4.35. The summed E-state index contributed by atoms with van der Waals surface area (Å²) in [4.78, 5) is 11.6. The number of ether oxygens (including phenoxy) is 1. The van der Waals surface area contributed by atoms with Gasteiger partial charge in [-0.1, -0.05) is 6.07 Å². The van der Waals surface area contributed by atoms with Crippen LogP contribution in [0.5, 0.6) is 11.5 Å². The first kappa shape index (κ1) is 13.0. The van der Waals surface area contributed by atoms with Crippen LogP contribution in [0.2, 0.25) is 0 Å². The van der Waals surface area contributed by atoms with Gasteiger partial charge in [-0.05, 0) is 30.3 Å². The van der Waals surface area contributed by atoms with Crippen LogP contribution in [0.3, 0.4) is 0 Å². The first-order valence-electron chi connectivity index (χ1n) is 6.26. The molecule has 0 amide bonds. The SMILES string of the molecule is O=c1[nH]nc2c3c(cccc13)Oc1ccc(S(=O)(=O)O)cc1-2. The molecule has 0 radical (unpaired) electrons. The van der Waals surface area contributed by atoms with E-state index in [1.165, 1.54) is 18.2 Å². The topological polar surface area (TPSA) is 109 Å². The molecule has 0 saturated carbocycles. The number of hydrogen-bond acceptors (Lipinski definition) is 5. The zero-order chi connectivity index (χ0) is 15.5. The van der Waals surface area contributed by atoms with E-state index in [0.717, 1.165) is 0 Å². The first-order chi connectivity index (χ1) is 10.4. The molecule has 2 N–H and O–H groups in total. The molecule has 0 spiro atoms. The van der Waals surface area contributed by atoms with Crippen LogP contribution < -0.4 is 10.3 Å². The maximum Gasteiger partial charge on any atom is 0.294 e. The summed E-state index contributed by atoms with van der Waals surface area (Å²) in [5, 5.41) is 7.29. The predicted octanol–water partition coefficient (Wildman–Crippen LogP) is 1.94. The zero-order valence-electron chi connectivity index (χ0n) is 10.9. The van der Waals surface area contributed by atoms with E-state index in [4.69, 9.17) is 4.74 Å². The molecule has 0 aliphatic carbocycles. The Morgan fingerprint density at radius 1 is 1.14 bits per heavy atom. The van der Waals surface area contributed by atoms with Gasteiger partial charge in [-0.25, -0.2) is 5.10 Å². The van der Waals surface area contributed by atoms with Crippen molar-refractivity contribution in [3.05, 3.63) is 46.8 Å². The van der Waals surface area contributed by atoms with Gasteiger partial charge in [0.15, 0.2) is 0 Å². The number of nitrogens with one attached hydrogen (secondary N) is 1. The third kappa shape index (κ3) is 1.74. The molecule has 0 fully saturated rings. The molecule has 0 unspecified atom stereocenters. The molecule has 1 aliphatic heterocycles. The van der Waals surface area contributed by atoms with Crippen LogP contribution in [-0.2, 0) is 10.1 Å². The van der Waals surface area contributed by atoms with Crippen molar-refractivity contribution in [3.63, 3.8) is 0 Å². The van der Waals surface area contributed by atoms with Crippen molar-refractivity contribution in [2.45, 2.75) is 4.90 Å². The number of H-pyrrole nitrogens is 1. The summed E-state index contributed by atoms with van der Waals surface area (Å²) < 4.78 is 37.5. The van der Waals surface area contributed by atoms with E-state index < -0.39 is 10.1 Å². The van der Waals surface area contributed by atoms with Gasteiger partial charge in [-0.3, -0.25) is 9.35 Å². The van der Waals surface area contributed by atoms with Crippen molar-refractivity contribution < 1.29 is 17.7 Å². The third-order valence-electron chi connectivity index (χ3n) is 3.50. The monoisotopic (exact) mass is 316 g/mol. The molecular weight excluding hydrogens is 308 g/mol. The Hall–Kier alpha value is -2.71. The van der Waals surface area contributed by atoms with Crippen LogP contribution in [0.1, 0.15) is 0 Å². The fourth-order valence-corrected chi connectivity index (χ4v) is 3.04. The molecule has 0 atom stereocenters. The molecule has 3 aromatic rings. The standard InChI is InChI=1S/C14H8N2O5S/c17-14-8-2-1-3-11-12(8)13(15-16-14)9-6-7(22(18,19)20)4-5-10(9)21-11/h1-6H,(H,16,17)(H,18,19,20). The van der Waals surface area contributed by atoms with Crippen LogP contribution in [-0.4, -0.2) is 23.2 Å². The van der Waals surface area contributed by atoms with Crippen LogP contribution in [0.25, 0.3) is 22.0 Å². The summed E-state index contributed by atoms with van der Waals surface area (Å²) in [7, 11) is -4.35. The second-order valence-corrected chi connectivity index (χ2v) is 6.24. The van der Waals surface area contributed by atoms with E-state index in [-0.39, 0.29) is 10.5 Å². The van der Waals surface area contributed by atoms with Gasteiger partial charge < -0.3 is 4.74 Å². The van der Waals surface area contributed by atoms with Crippen LogP contribution >= 0.6 is 0 Å². The van der Waals surface area contributed by atoms with Crippen molar-refractivity contribution >= 4 is 20.9 Å². The smallest absolute Gasteiger partial charge is 0.294 e. The number of nitrogens with zero attached hydrogens (tertiary/aromatic N) is 1. The lowest BCUT2D eigenvalue weighted by molar-refractivity contribution is 0.479. The molecule has 110 valence electrons. The minimum Gasteiger partial charge on any atom is -0.456 e. The van der Waals surface area contributed by atoms with E-state index in [0.29, 0.717) is 33.5 Å². The van der Waals surface area contributed by atoms with E-state index in [1.54, 1.807) is 18.2 Å². The highest BCUT2D eigenvalue weighted by Gasteiger charge is 2.24. The van der Waals surface area contributed by atoms with E-state index in [9.17, 15) is 17.8 Å². The second kappa shape index (κ2) is 4.15. The highest BCUT2D eigenvalue weighted by Crippen LogP contribution is 2.44. The lowest BCUT2D eigenvalue weighted by atomic mass is 10.0. The Kier molecular flexibility index (Phi) is 2.45. The second-order valence-electron chi connectivity index (χ2n) is 4.82. The molecule has 2 heterocycles. The van der Waals surface area contributed by atoms with Gasteiger partial charge in [0.25, 0.3) is 15.7 Å². The number of aromatic amines is 1. The zero-order valence-corrected chi connectivity index (χ0v) is 11.7. The molecule has 0 bridgehead atoms. The predicted molar refractivity (Wildman–Crippen MR) is 77.7 cm³/mol. The minimum atomic E-state index is -4.35. The molecule has 8 heteroatoms. The summed E-state index contributed by atoms with van der Waals surface area (Å²) in [6, 6.07) is 8.96. The minimum absolute atomic E-state index is 0.268. The number of hydrogen-bond donors (Lipinski definition) is 2. The van der Waals surface area contributed by atoms with Crippen molar-refractivity contribution in [2.24, 2.45) is 0 Å². The number of rotatable bonds is 1. The fourth-order valence-electron chi connectivity index (χ4n) is 2.53. The van der Waals surface area contributed by atoms with Crippen LogP contribution in [0.4, 0.5) is 0 Å². The van der Waals surface area contributed by atoms with E-state index in [2.05, 4.69) is 10.2 Å². The normalized spacial score (nSPS) is 12.8. The molecule has 0 saturated heterocycles. The largest absolute Gasteiger partial charge is 0.456 e.